The van der Waals surface area contributed by atoms with Crippen molar-refractivity contribution in [3.8, 4) is 11.1 Å². The molecule has 1 aliphatic carbocycles. The molecule has 0 unspecified atom stereocenters. The molecule has 2 heterocycles. The molecule has 9 nitrogen and oxygen atoms in total. The molecule has 0 spiro atoms. The van der Waals surface area contributed by atoms with Gasteiger partial charge < -0.3 is 24.6 Å². The maximum absolute atomic E-state index is 12.8. The van der Waals surface area contributed by atoms with E-state index in [0.29, 0.717) is 0 Å². The third-order valence-corrected chi connectivity index (χ3v) is 6.39. The third kappa shape index (κ3) is 4.40. The predicted octanol–water partition coefficient (Wildman–Crippen LogP) is 3.57. The minimum absolute atomic E-state index is 0.0434. The summed E-state index contributed by atoms with van der Waals surface area (Å²) in [5, 5.41) is 15.5. The van der Waals surface area contributed by atoms with E-state index in [-0.39, 0.29) is 61.3 Å². The molecule has 1 aliphatic heterocycles. The van der Waals surface area contributed by atoms with Gasteiger partial charge in [0.25, 0.3) is 5.91 Å². The van der Waals surface area contributed by atoms with Crippen molar-refractivity contribution in [3.05, 3.63) is 88.8 Å². The van der Waals surface area contributed by atoms with Crippen molar-refractivity contribution in [1.82, 2.24) is 15.4 Å². The lowest BCUT2D eigenvalue weighted by Gasteiger charge is -2.25. The number of carboxylic acid groups (broad SMARTS) is 1. The van der Waals surface area contributed by atoms with E-state index in [4.69, 9.17) is 14.4 Å². The van der Waals surface area contributed by atoms with Crippen LogP contribution in [0, 0.1) is 0 Å². The van der Waals surface area contributed by atoms with E-state index in [0.717, 1.165) is 22.3 Å². The molecular formula is C26H23N3O6. The minimum Gasteiger partial charge on any atom is -0.478 e. The largest absolute Gasteiger partial charge is 0.478 e. The first-order valence-electron chi connectivity index (χ1n) is 11.3. The second-order valence-corrected chi connectivity index (χ2v) is 8.39. The molecule has 35 heavy (non-hydrogen) atoms. The monoisotopic (exact) mass is 473 g/mol. The Morgan fingerprint density at radius 2 is 1.77 bits per heavy atom. The van der Waals surface area contributed by atoms with Gasteiger partial charge in [-0.25, -0.2) is 9.59 Å². The molecule has 5 rings (SSSR count). The van der Waals surface area contributed by atoms with Gasteiger partial charge in [-0.1, -0.05) is 59.8 Å². The molecule has 2 aliphatic rings. The SMILES string of the molecule is O=C(NCc1nocc1C(=O)N1CC=C(C(=O)O)CC1)OCC1c2ccccc2-c2ccccc21. The third-order valence-electron chi connectivity index (χ3n) is 6.39. The average molecular weight is 473 g/mol. The number of amides is 2. The number of carbonyl (C=O) groups excluding carboxylic acids is 2. The molecule has 0 saturated carbocycles. The number of benzene rings is 2. The zero-order valence-corrected chi connectivity index (χ0v) is 18.8. The summed E-state index contributed by atoms with van der Waals surface area (Å²) in [5.74, 6) is -1.37. The molecule has 0 atom stereocenters. The Balaban J connectivity index is 1.19. The van der Waals surface area contributed by atoms with E-state index in [9.17, 15) is 14.4 Å². The Morgan fingerprint density at radius 1 is 1.09 bits per heavy atom. The van der Waals surface area contributed by atoms with Crippen molar-refractivity contribution in [3.63, 3.8) is 0 Å². The molecule has 9 heteroatoms. The molecule has 3 aromatic rings. The van der Waals surface area contributed by atoms with Crippen LogP contribution in [0.15, 0.2) is 71.0 Å². The lowest BCUT2D eigenvalue weighted by atomic mass is 9.98. The molecule has 0 bridgehead atoms. The molecule has 2 aromatic carbocycles. The van der Waals surface area contributed by atoms with Crippen molar-refractivity contribution in [1.29, 1.82) is 0 Å². The average Bonchev–Trinajstić information content (AvgIpc) is 3.48. The van der Waals surface area contributed by atoms with E-state index in [2.05, 4.69) is 22.6 Å². The Kier molecular flexibility index (Phi) is 6.05. The predicted molar refractivity (Wildman–Crippen MR) is 125 cm³/mol. The second-order valence-electron chi connectivity index (χ2n) is 8.39. The van der Waals surface area contributed by atoms with Gasteiger partial charge in [-0.2, -0.15) is 0 Å². The fraction of sp³-hybridized carbons (Fsp3) is 0.231. The first kappa shape index (κ1) is 22.4. The van der Waals surface area contributed by atoms with Crippen molar-refractivity contribution < 1.29 is 28.8 Å². The second kappa shape index (κ2) is 9.46. The summed E-state index contributed by atoms with van der Waals surface area (Å²) in [6.07, 6.45) is 2.39. The Morgan fingerprint density at radius 3 is 2.40 bits per heavy atom. The van der Waals surface area contributed by atoms with Crippen molar-refractivity contribution >= 4 is 18.0 Å². The maximum Gasteiger partial charge on any atom is 0.407 e. The normalized spacial score (nSPS) is 14.6. The lowest BCUT2D eigenvalue weighted by molar-refractivity contribution is -0.133. The molecule has 1 aromatic heterocycles. The number of nitrogens with one attached hydrogen (secondary N) is 1. The van der Waals surface area contributed by atoms with E-state index in [1.807, 2.05) is 36.4 Å². The molecule has 2 N–H and O–H groups in total. The number of alkyl carbamates (subject to hydrolysis) is 1. The summed E-state index contributed by atoms with van der Waals surface area (Å²) in [6, 6.07) is 16.2. The van der Waals surface area contributed by atoms with Gasteiger partial charge in [0.1, 0.15) is 24.1 Å². The van der Waals surface area contributed by atoms with Gasteiger partial charge in [-0.3, -0.25) is 4.79 Å². The van der Waals surface area contributed by atoms with Gasteiger partial charge in [-0.05, 0) is 28.7 Å². The van der Waals surface area contributed by atoms with Crippen LogP contribution in [-0.2, 0) is 16.1 Å². The van der Waals surface area contributed by atoms with Crippen LogP contribution >= 0.6 is 0 Å². The smallest absolute Gasteiger partial charge is 0.407 e. The van der Waals surface area contributed by atoms with E-state index >= 15 is 0 Å². The quantitative estimate of drug-likeness (QED) is 0.561. The fourth-order valence-corrected chi connectivity index (χ4v) is 4.58. The molecule has 178 valence electrons. The van der Waals surface area contributed by atoms with Crippen LogP contribution in [0.2, 0.25) is 0 Å². The highest BCUT2D eigenvalue weighted by atomic mass is 16.5. The summed E-state index contributed by atoms with van der Waals surface area (Å²) < 4.78 is 10.5. The highest BCUT2D eigenvalue weighted by Crippen LogP contribution is 2.44. The zero-order chi connectivity index (χ0) is 24.4. The molecule has 0 fully saturated rings. The summed E-state index contributed by atoms with van der Waals surface area (Å²) in [7, 11) is 0. The van der Waals surface area contributed by atoms with Crippen LogP contribution in [-0.4, -0.2) is 52.8 Å². The summed E-state index contributed by atoms with van der Waals surface area (Å²) in [6.45, 7) is 0.598. The molecule has 2 amide bonds. The number of carboxylic acids is 1. The van der Waals surface area contributed by atoms with Gasteiger partial charge in [0.2, 0.25) is 0 Å². The molecule has 0 radical (unpaired) electrons. The molecular weight excluding hydrogens is 450 g/mol. The van der Waals surface area contributed by atoms with Crippen LogP contribution in [0.25, 0.3) is 11.1 Å². The standard InChI is InChI=1S/C26H23N3O6/c30-24(29-11-9-16(10-12-29)25(31)32)22-15-35-28-23(22)13-27-26(33)34-14-21-19-7-3-1-5-17(19)18-6-2-4-8-20(18)21/h1-9,15,21H,10-14H2,(H,27,33)(H,31,32). The number of fused-ring (bicyclic) bond motifs is 3. The topological polar surface area (TPSA) is 122 Å². The number of nitrogens with zero attached hydrogens (tertiary/aromatic N) is 2. The van der Waals surface area contributed by atoms with Crippen LogP contribution in [0.3, 0.4) is 0 Å². The number of aliphatic carboxylic acids is 1. The molecule has 0 saturated heterocycles. The number of carbonyl (C=O) groups is 3. The Hall–Kier alpha value is -4.40. The van der Waals surface area contributed by atoms with Gasteiger partial charge >= 0.3 is 12.1 Å². The first-order chi connectivity index (χ1) is 17.0. The Labute approximate surface area is 201 Å². The summed E-state index contributed by atoms with van der Waals surface area (Å²) >= 11 is 0. The number of aromatic nitrogens is 1. The van der Waals surface area contributed by atoms with Gasteiger partial charge in [0.05, 0.1) is 6.54 Å². The van der Waals surface area contributed by atoms with E-state index in [1.54, 1.807) is 0 Å². The van der Waals surface area contributed by atoms with Crippen molar-refractivity contribution in [2.45, 2.75) is 18.9 Å². The van der Waals surface area contributed by atoms with Gasteiger partial charge in [0.15, 0.2) is 0 Å². The number of hydrogen-bond acceptors (Lipinski definition) is 6. The van der Waals surface area contributed by atoms with E-state index in [1.165, 1.54) is 17.2 Å². The minimum atomic E-state index is -0.977. The van der Waals surface area contributed by atoms with Crippen LogP contribution in [0.1, 0.15) is 39.5 Å². The number of rotatable bonds is 6. The van der Waals surface area contributed by atoms with Gasteiger partial charge in [0, 0.05) is 24.6 Å². The van der Waals surface area contributed by atoms with Crippen LogP contribution in [0.4, 0.5) is 4.79 Å². The van der Waals surface area contributed by atoms with E-state index < -0.39 is 12.1 Å². The maximum atomic E-state index is 12.8. The zero-order valence-electron chi connectivity index (χ0n) is 18.8. The van der Waals surface area contributed by atoms with Crippen molar-refractivity contribution in [2.75, 3.05) is 19.7 Å². The Bertz CT molecular complexity index is 1280. The highest BCUT2D eigenvalue weighted by Gasteiger charge is 2.29. The number of ether oxygens (including phenoxy) is 1. The summed E-state index contributed by atoms with van der Waals surface area (Å²) in [5.41, 5.74) is 5.31. The van der Waals surface area contributed by atoms with Gasteiger partial charge in [-0.15, -0.1) is 0 Å². The van der Waals surface area contributed by atoms with Crippen LogP contribution < -0.4 is 5.32 Å². The lowest BCUT2D eigenvalue weighted by Crippen LogP contribution is -2.36. The highest BCUT2D eigenvalue weighted by molar-refractivity contribution is 5.96. The number of hydrogen-bond donors (Lipinski definition) is 2. The first-order valence-corrected chi connectivity index (χ1v) is 11.3. The summed E-state index contributed by atoms with van der Waals surface area (Å²) in [4.78, 5) is 37.9. The fourth-order valence-electron chi connectivity index (χ4n) is 4.58. The van der Waals surface area contributed by atoms with Crippen LogP contribution in [0.5, 0.6) is 0 Å². The van der Waals surface area contributed by atoms with Crippen molar-refractivity contribution in [2.24, 2.45) is 0 Å².